The fourth-order valence-electron chi connectivity index (χ4n) is 3.36. The molecular weight excluding hydrogens is 270 g/mol. The number of piperidine rings is 1. The summed E-state index contributed by atoms with van der Waals surface area (Å²) in [6, 6.07) is 5.47. The van der Waals surface area contributed by atoms with Gasteiger partial charge in [0.15, 0.2) is 0 Å². The molecule has 0 saturated carbocycles. The highest BCUT2D eigenvalue weighted by Gasteiger charge is 2.37. The minimum atomic E-state index is -0.801. The van der Waals surface area contributed by atoms with Crippen LogP contribution in [-0.2, 0) is 4.79 Å². The van der Waals surface area contributed by atoms with Crippen LogP contribution in [0.4, 0.5) is 0 Å². The molecule has 2 bridgehead atoms. The van der Waals surface area contributed by atoms with Crippen molar-refractivity contribution in [1.29, 1.82) is 0 Å². The third-order valence-corrected chi connectivity index (χ3v) is 4.34. The second-order valence-corrected chi connectivity index (χ2v) is 5.85. The van der Waals surface area contributed by atoms with Gasteiger partial charge in [0, 0.05) is 31.9 Å². The van der Waals surface area contributed by atoms with E-state index in [0.717, 1.165) is 19.4 Å². The van der Waals surface area contributed by atoms with E-state index < -0.39 is 5.97 Å². The van der Waals surface area contributed by atoms with Crippen molar-refractivity contribution in [2.24, 2.45) is 5.92 Å². The van der Waals surface area contributed by atoms with E-state index in [-0.39, 0.29) is 18.5 Å². The lowest BCUT2D eigenvalue weighted by Gasteiger charge is -2.34. The van der Waals surface area contributed by atoms with Crippen LogP contribution in [-0.4, -0.2) is 64.0 Å². The summed E-state index contributed by atoms with van der Waals surface area (Å²) >= 11 is 0. The number of hydrogen-bond acceptors (Lipinski definition) is 4. The third kappa shape index (κ3) is 3.05. The molecule has 4 heterocycles. The fourth-order valence-corrected chi connectivity index (χ4v) is 3.36. The summed E-state index contributed by atoms with van der Waals surface area (Å²) < 4.78 is 0. The Hall–Kier alpha value is -1.95. The van der Waals surface area contributed by atoms with Crippen LogP contribution in [0.15, 0.2) is 24.4 Å². The molecule has 1 aromatic heterocycles. The summed E-state index contributed by atoms with van der Waals surface area (Å²) in [6.45, 7) is 2.12. The van der Waals surface area contributed by atoms with E-state index in [1.807, 2.05) is 15.9 Å². The van der Waals surface area contributed by atoms with E-state index in [9.17, 15) is 9.59 Å². The van der Waals surface area contributed by atoms with Crippen molar-refractivity contribution in [1.82, 2.24) is 14.8 Å². The average molecular weight is 289 g/mol. The molecule has 4 rings (SSSR count). The van der Waals surface area contributed by atoms with Crippen molar-refractivity contribution in [2.45, 2.75) is 18.9 Å². The standard InChI is InChI=1S/C15H19N3O3/c19-14(20)10-17-7-11-4-5-12(17)9-18(8-11)15(21)13-3-1-2-6-16-13/h1-3,6,11-12H,4-5,7-10H2,(H,19,20)/t11-,12-/m0/s1. The molecule has 1 aromatic rings. The molecule has 1 N–H and O–H groups in total. The number of aliphatic carboxylic acids is 1. The topological polar surface area (TPSA) is 73.7 Å². The Kier molecular flexibility index (Phi) is 3.88. The van der Waals surface area contributed by atoms with Crippen LogP contribution >= 0.6 is 0 Å². The van der Waals surface area contributed by atoms with Gasteiger partial charge in [-0.2, -0.15) is 0 Å². The predicted molar refractivity (Wildman–Crippen MR) is 75.9 cm³/mol. The molecule has 2 atom stereocenters. The molecule has 6 heteroatoms. The number of fused-ring (bicyclic) bond motifs is 4. The van der Waals surface area contributed by atoms with Crippen molar-refractivity contribution < 1.29 is 14.7 Å². The molecule has 6 nitrogen and oxygen atoms in total. The van der Waals surface area contributed by atoms with Crippen LogP contribution < -0.4 is 0 Å². The van der Waals surface area contributed by atoms with Gasteiger partial charge < -0.3 is 10.0 Å². The van der Waals surface area contributed by atoms with Gasteiger partial charge in [0.1, 0.15) is 5.69 Å². The van der Waals surface area contributed by atoms with Gasteiger partial charge >= 0.3 is 5.97 Å². The fraction of sp³-hybridized carbons (Fsp3) is 0.533. The second kappa shape index (κ2) is 5.81. The minimum absolute atomic E-state index is 0.0512. The molecule has 3 aliphatic rings. The smallest absolute Gasteiger partial charge is 0.317 e. The average Bonchev–Trinajstić information content (AvgIpc) is 2.78. The Morgan fingerprint density at radius 1 is 1.24 bits per heavy atom. The Labute approximate surface area is 123 Å². The van der Waals surface area contributed by atoms with Crippen molar-refractivity contribution in [3.8, 4) is 0 Å². The largest absolute Gasteiger partial charge is 0.480 e. The summed E-state index contributed by atoms with van der Waals surface area (Å²) in [6.07, 6.45) is 3.65. The van der Waals surface area contributed by atoms with Gasteiger partial charge in [-0.05, 0) is 30.9 Å². The predicted octanol–water partition coefficient (Wildman–Crippen LogP) is 0.703. The number of carboxylic acid groups (broad SMARTS) is 1. The lowest BCUT2D eigenvalue weighted by atomic mass is 9.95. The molecule has 3 saturated heterocycles. The lowest BCUT2D eigenvalue weighted by Crippen LogP contribution is -2.46. The Morgan fingerprint density at radius 3 is 2.81 bits per heavy atom. The van der Waals surface area contributed by atoms with E-state index >= 15 is 0 Å². The molecule has 0 spiro atoms. The van der Waals surface area contributed by atoms with Gasteiger partial charge in [0.2, 0.25) is 0 Å². The van der Waals surface area contributed by atoms with Crippen LogP contribution in [0.1, 0.15) is 23.3 Å². The Balaban J connectivity index is 1.75. The molecule has 3 fully saturated rings. The highest BCUT2D eigenvalue weighted by Crippen LogP contribution is 2.28. The normalized spacial score (nSPS) is 25.6. The van der Waals surface area contributed by atoms with E-state index in [1.165, 1.54) is 0 Å². The summed E-state index contributed by atoms with van der Waals surface area (Å²) in [7, 11) is 0. The lowest BCUT2D eigenvalue weighted by molar-refractivity contribution is -0.139. The maximum Gasteiger partial charge on any atom is 0.317 e. The van der Waals surface area contributed by atoms with Crippen LogP contribution in [0.5, 0.6) is 0 Å². The molecule has 0 radical (unpaired) electrons. The molecule has 0 aliphatic carbocycles. The molecular formula is C15H19N3O3. The first-order valence-electron chi connectivity index (χ1n) is 7.29. The number of nitrogens with zero attached hydrogens (tertiary/aromatic N) is 3. The summed E-state index contributed by atoms with van der Waals surface area (Å²) in [5.41, 5.74) is 0.462. The van der Waals surface area contributed by atoms with Crippen molar-refractivity contribution in [3.63, 3.8) is 0 Å². The van der Waals surface area contributed by atoms with Crippen LogP contribution in [0.3, 0.4) is 0 Å². The maximum atomic E-state index is 12.5. The highest BCUT2D eigenvalue weighted by molar-refractivity contribution is 5.92. The van der Waals surface area contributed by atoms with Gasteiger partial charge in [-0.15, -0.1) is 0 Å². The van der Waals surface area contributed by atoms with Crippen molar-refractivity contribution >= 4 is 11.9 Å². The van der Waals surface area contributed by atoms with Crippen LogP contribution in [0.2, 0.25) is 0 Å². The molecule has 0 aromatic carbocycles. The molecule has 0 unspecified atom stereocenters. The molecule has 112 valence electrons. The van der Waals surface area contributed by atoms with E-state index in [4.69, 9.17) is 5.11 Å². The van der Waals surface area contributed by atoms with Gasteiger partial charge in [0.05, 0.1) is 6.54 Å². The van der Waals surface area contributed by atoms with Crippen molar-refractivity contribution in [2.75, 3.05) is 26.2 Å². The van der Waals surface area contributed by atoms with E-state index in [1.54, 1.807) is 18.3 Å². The Morgan fingerprint density at radius 2 is 2.10 bits per heavy atom. The van der Waals surface area contributed by atoms with Crippen LogP contribution in [0, 0.1) is 5.92 Å². The number of amides is 1. The second-order valence-electron chi connectivity index (χ2n) is 5.85. The van der Waals surface area contributed by atoms with Gasteiger partial charge in [-0.25, -0.2) is 0 Å². The number of rotatable bonds is 3. The summed E-state index contributed by atoms with van der Waals surface area (Å²) in [5.74, 6) is -0.495. The SMILES string of the molecule is O=C(O)CN1C[C@@H]2CC[C@H]1CN(C(=O)c1ccccn1)C2. The van der Waals surface area contributed by atoms with Gasteiger partial charge in [-0.1, -0.05) is 6.07 Å². The third-order valence-electron chi connectivity index (χ3n) is 4.34. The Bertz CT molecular complexity index is 534. The van der Waals surface area contributed by atoms with Crippen molar-refractivity contribution in [3.05, 3.63) is 30.1 Å². The van der Waals surface area contributed by atoms with Gasteiger partial charge in [0.25, 0.3) is 5.91 Å². The number of carboxylic acids is 1. The number of pyridine rings is 1. The van der Waals surface area contributed by atoms with Gasteiger partial charge in [-0.3, -0.25) is 19.5 Å². The first-order chi connectivity index (χ1) is 10.1. The van der Waals surface area contributed by atoms with E-state index in [2.05, 4.69) is 4.98 Å². The summed E-state index contributed by atoms with van der Waals surface area (Å²) in [5, 5.41) is 9.01. The molecule has 1 amide bonds. The number of carbonyl (C=O) groups is 2. The zero-order valence-corrected chi connectivity index (χ0v) is 11.8. The van der Waals surface area contributed by atoms with Crippen LogP contribution in [0.25, 0.3) is 0 Å². The zero-order valence-electron chi connectivity index (χ0n) is 11.8. The maximum absolute atomic E-state index is 12.5. The van der Waals surface area contributed by atoms with E-state index in [0.29, 0.717) is 24.7 Å². The quantitative estimate of drug-likeness (QED) is 0.887. The number of hydrogen-bond donors (Lipinski definition) is 1. The first-order valence-corrected chi connectivity index (χ1v) is 7.29. The minimum Gasteiger partial charge on any atom is -0.480 e. The molecule has 21 heavy (non-hydrogen) atoms. The first kappa shape index (κ1) is 14.0. The monoisotopic (exact) mass is 289 g/mol. The number of carbonyl (C=O) groups excluding carboxylic acids is 1. The summed E-state index contributed by atoms with van der Waals surface area (Å²) in [4.78, 5) is 31.5. The molecule has 3 aliphatic heterocycles. The number of aromatic nitrogens is 1. The zero-order chi connectivity index (χ0) is 14.8. The highest BCUT2D eigenvalue weighted by atomic mass is 16.4.